The number of methoxy groups -OCH3 is 1. The van der Waals surface area contributed by atoms with E-state index < -0.39 is 0 Å². The van der Waals surface area contributed by atoms with Crippen LogP contribution in [0.25, 0.3) is 10.9 Å². The van der Waals surface area contributed by atoms with Crippen LogP contribution in [0.2, 0.25) is 0 Å². The van der Waals surface area contributed by atoms with Gasteiger partial charge in [0.05, 0.1) is 25.3 Å². The Balaban J connectivity index is 1.05. The van der Waals surface area contributed by atoms with E-state index in [0.717, 1.165) is 77.7 Å². The van der Waals surface area contributed by atoms with Crippen molar-refractivity contribution >= 4 is 38.6 Å². The van der Waals surface area contributed by atoms with Crippen LogP contribution in [0.5, 0.6) is 11.5 Å². The summed E-state index contributed by atoms with van der Waals surface area (Å²) in [4.78, 5) is 21.9. The quantitative estimate of drug-likeness (QED) is 0.160. The number of unbranched alkanes of at least 4 members (excludes halogenated alkanes) is 4. The Labute approximate surface area is 265 Å². The molecule has 2 aliphatic rings. The summed E-state index contributed by atoms with van der Waals surface area (Å²) in [5.74, 6) is 4.00. The number of amides is 1. The van der Waals surface area contributed by atoms with Gasteiger partial charge in [-0.25, -0.2) is 9.97 Å². The van der Waals surface area contributed by atoms with Crippen LogP contribution in [0.15, 0.2) is 40.9 Å². The number of halogens is 1. The fraction of sp³-hybridized carbons (Fsp3) is 0.571. The Morgan fingerprint density at radius 3 is 2.74 bits per heavy atom. The van der Waals surface area contributed by atoms with E-state index in [1.807, 2.05) is 31.2 Å². The number of rotatable bonds is 15. The van der Waals surface area contributed by atoms with E-state index in [0.29, 0.717) is 29.3 Å². The van der Waals surface area contributed by atoms with Gasteiger partial charge in [-0.2, -0.15) is 0 Å². The van der Waals surface area contributed by atoms with Gasteiger partial charge in [-0.3, -0.25) is 4.79 Å². The van der Waals surface area contributed by atoms with Crippen LogP contribution in [-0.2, 0) is 4.79 Å². The van der Waals surface area contributed by atoms with Gasteiger partial charge in [0, 0.05) is 28.9 Å². The zero-order valence-electron chi connectivity index (χ0n) is 26.0. The second kappa shape index (κ2) is 14.7. The minimum absolute atomic E-state index is 0.0598. The average molecular weight is 652 g/mol. The molecule has 1 aromatic heterocycles. The van der Waals surface area contributed by atoms with Gasteiger partial charge in [0.15, 0.2) is 11.5 Å². The number of hydrogen-bond acceptors (Lipinski definition) is 6. The molecule has 2 aromatic carbocycles. The van der Waals surface area contributed by atoms with Gasteiger partial charge >= 0.3 is 0 Å². The summed E-state index contributed by atoms with van der Waals surface area (Å²) >= 11 is 3.56. The first-order valence-electron chi connectivity index (χ1n) is 16.1. The molecule has 0 spiro atoms. The number of hydrogen-bond donors (Lipinski definition) is 2. The summed E-state index contributed by atoms with van der Waals surface area (Å²) in [5.41, 5.74) is 2.31. The van der Waals surface area contributed by atoms with Crippen LogP contribution in [0.3, 0.4) is 0 Å². The number of carbonyl (C=O) groups is 1. The van der Waals surface area contributed by atoms with E-state index in [9.17, 15) is 4.79 Å². The number of carbonyl (C=O) groups excluding carboxylic acids is 1. The topological polar surface area (TPSA) is 85.4 Å². The summed E-state index contributed by atoms with van der Waals surface area (Å²) < 4.78 is 12.9. The molecule has 5 rings (SSSR count). The molecule has 3 atom stereocenters. The molecule has 3 aromatic rings. The van der Waals surface area contributed by atoms with Crippen molar-refractivity contribution in [2.45, 2.75) is 96.9 Å². The van der Waals surface area contributed by atoms with Crippen molar-refractivity contribution in [2.24, 2.45) is 11.3 Å². The third kappa shape index (κ3) is 8.40. The third-order valence-electron chi connectivity index (χ3n) is 9.36. The lowest BCUT2D eigenvalue weighted by atomic mass is 9.73. The molecule has 8 heteroatoms. The highest BCUT2D eigenvalue weighted by molar-refractivity contribution is 9.10. The van der Waals surface area contributed by atoms with E-state index in [1.54, 1.807) is 7.11 Å². The molecule has 43 heavy (non-hydrogen) atoms. The lowest BCUT2D eigenvalue weighted by Gasteiger charge is -2.32. The molecular weight excluding hydrogens is 604 g/mol. The fourth-order valence-electron chi connectivity index (χ4n) is 7.08. The molecule has 7 nitrogen and oxygen atoms in total. The standard InChI is InChI=1S/C35H47BrN4O3/c1-24(27-12-9-13-28(36)19-27)38-34-29-20-31(42-3)32(21-30(29)39-25(2)40-34)43-18-8-6-4-5-7-17-37-33(41)23-35-15-10-11-26(22-35)14-16-35/h9,12-13,19-21,24,26H,4-8,10-11,14-18,22-23H2,1-3H3,(H,37,41)(H,38,39,40)/t24-,26?,35?/m1/s1. The lowest BCUT2D eigenvalue weighted by Crippen LogP contribution is -2.32. The molecule has 2 fully saturated rings. The average Bonchev–Trinajstić information content (AvgIpc) is 3.27. The second-order valence-corrected chi connectivity index (χ2v) is 13.6. The number of benzene rings is 2. The van der Waals surface area contributed by atoms with E-state index >= 15 is 0 Å². The van der Waals surface area contributed by atoms with Crippen molar-refractivity contribution in [1.82, 2.24) is 15.3 Å². The molecule has 2 unspecified atom stereocenters. The Morgan fingerprint density at radius 2 is 1.91 bits per heavy atom. The van der Waals surface area contributed by atoms with Gasteiger partial charge in [-0.1, -0.05) is 60.2 Å². The summed E-state index contributed by atoms with van der Waals surface area (Å²) in [6.07, 6.45) is 13.9. The first-order chi connectivity index (χ1) is 20.8. The van der Waals surface area contributed by atoms with E-state index in [2.05, 4.69) is 50.6 Å². The van der Waals surface area contributed by atoms with Crippen molar-refractivity contribution in [3.8, 4) is 11.5 Å². The third-order valence-corrected chi connectivity index (χ3v) is 9.85. The van der Waals surface area contributed by atoms with Gasteiger partial charge in [0.2, 0.25) is 5.91 Å². The van der Waals surface area contributed by atoms with Crippen molar-refractivity contribution in [3.63, 3.8) is 0 Å². The van der Waals surface area contributed by atoms with Crippen LogP contribution >= 0.6 is 15.9 Å². The van der Waals surface area contributed by atoms with Gasteiger partial charge in [-0.15, -0.1) is 0 Å². The number of nitrogens with zero attached hydrogens (tertiary/aromatic N) is 2. The normalized spacial score (nSPS) is 20.1. The van der Waals surface area contributed by atoms with E-state index in [-0.39, 0.29) is 11.9 Å². The molecule has 2 aliphatic carbocycles. The molecule has 2 saturated carbocycles. The van der Waals surface area contributed by atoms with Crippen LogP contribution in [0.1, 0.15) is 101 Å². The van der Waals surface area contributed by atoms with Crippen molar-refractivity contribution in [3.05, 3.63) is 52.3 Å². The first kappa shape index (κ1) is 31.6. The van der Waals surface area contributed by atoms with E-state index in [1.165, 1.54) is 38.5 Å². The number of anilines is 1. The summed E-state index contributed by atoms with van der Waals surface area (Å²) in [6.45, 7) is 5.45. The molecule has 0 radical (unpaired) electrons. The van der Waals surface area contributed by atoms with E-state index in [4.69, 9.17) is 14.5 Å². The number of aryl methyl sites for hydroxylation is 1. The van der Waals surface area contributed by atoms with Crippen molar-refractivity contribution in [2.75, 3.05) is 25.6 Å². The SMILES string of the molecule is COc1cc2c(N[C@H](C)c3cccc(Br)c3)nc(C)nc2cc1OCCCCCCCNC(=O)CC12CCCC(CC1)C2. The fourth-order valence-corrected chi connectivity index (χ4v) is 7.50. The highest BCUT2D eigenvalue weighted by Crippen LogP contribution is 2.53. The molecule has 2 N–H and O–H groups in total. The maximum Gasteiger partial charge on any atom is 0.220 e. The highest BCUT2D eigenvalue weighted by Gasteiger charge is 2.42. The second-order valence-electron chi connectivity index (χ2n) is 12.7. The van der Waals surface area contributed by atoms with Gasteiger partial charge in [0.25, 0.3) is 0 Å². The first-order valence-corrected chi connectivity index (χ1v) is 16.9. The number of fused-ring (bicyclic) bond motifs is 3. The molecule has 2 bridgehead atoms. The van der Waals surface area contributed by atoms with Crippen LogP contribution in [0.4, 0.5) is 5.82 Å². The Hall–Kier alpha value is -2.87. The molecule has 232 valence electrons. The minimum atomic E-state index is 0.0598. The maximum atomic E-state index is 12.5. The predicted molar refractivity (Wildman–Crippen MR) is 177 cm³/mol. The monoisotopic (exact) mass is 650 g/mol. The van der Waals surface area contributed by atoms with Crippen molar-refractivity contribution in [1.29, 1.82) is 0 Å². The van der Waals surface area contributed by atoms with Gasteiger partial charge in [-0.05, 0) is 87.5 Å². The lowest BCUT2D eigenvalue weighted by molar-refractivity contribution is -0.123. The molecule has 1 heterocycles. The number of ether oxygens (including phenoxy) is 2. The largest absolute Gasteiger partial charge is 0.493 e. The summed E-state index contributed by atoms with van der Waals surface area (Å²) in [6, 6.07) is 12.3. The smallest absolute Gasteiger partial charge is 0.220 e. The Bertz CT molecular complexity index is 1400. The Morgan fingerprint density at radius 1 is 1.07 bits per heavy atom. The molecule has 0 aliphatic heterocycles. The Kier molecular flexibility index (Phi) is 10.8. The predicted octanol–water partition coefficient (Wildman–Crippen LogP) is 8.69. The van der Waals surface area contributed by atoms with Crippen LogP contribution in [-0.4, -0.2) is 36.1 Å². The highest BCUT2D eigenvalue weighted by atomic mass is 79.9. The number of aromatic nitrogens is 2. The van der Waals surface area contributed by atoms with Crippen LogP contribution in [0, 0.1) is 18.3 Å². The summed E-state index contributed by atoms with van der Waals surface area (Å²) in [7, 11) is 1.67. The summed E-state index contributed by atoms with van der Waals surface area (Å²) in [5, 5.41) is 7.65. The minimum Gasteiger partial charge on any atom is -0.493 e. The van der Waals surface area contributed by atoms with Gasteiger partial charge in [0.1, 0.15) is 11.6 Å². The molecule has 0 saturated heterocycles. The molecule has 1 amide bonds. The van der Waals surface area contributed by atoms with Gasteiger partial charge < -0.3 is 20.1 Å². The molecular formula is C35H47BrN4O3. The zero-order chi connectivity index (χ0) is 30.2. The zero-order valence-corrected chi connectivity index (χ0v) is 27.6. The number of nitrogens with one attached hydrogen (secondary N) is 2. The van der Waals surface area contributed by atoms with Crippen molar-refractivity contribution < 1.29 is 14.3 Å². The van der Waals surface area contributed by atoms with Crippen LogP contribution < -0.4 is 20.1 Å². The maximum absolute atomic E-state index is 12.5.